The first-order valence-electron chi connectivity index (χ1n) is 20.7. The Morgan fingerprint density at radius 2 is 1.40 bits per heavy atom. The number of hydrogen-bond donors (Lipinski definition) is 3. The van der Waals surface area contributed by atoms with Gasteiger partial charge in [-0.1, -0.05) is 91.6 Å². The van der Waals surface area contributed by atoms with Crippen molar-refractivity contribution in [3.63, 3.8) is 0 Å². The number of amides is 5. The van der Waals surface area contributed by atoms with Crippen LogP contribution in [0.3, 0.4) is 0 Å². The number of benzene rings is 1. The van der Waals surface area contributed by atoms with E-state index in [2.05, 4.69) is 16.0 Å². The molecule has 14 heteroatoms. The van der Waals surface area contributed by atoms with Crippen LogP contribution in [0.2, 0.25) is 0 Å². The van der Waals surface area contributed by atoms with E-state index < -0.39 is 107 Å². The first kappa shape index (κ1) is 46.9. The van der Waals surface area contributed by atoms with E-state index in [1.54, 1.807) is 79.7 Å². The number of carbonyl (C=O) groups excluding carboxylic acids is 7. The van der Waals surface area contributed by atoms with E-state index in [0.29, 0.717) is 25.7 Å². The third kappa shape index (κ3) is 12.0. The van der Waals surface area contributed by atoms with Crippen LogP contribution in [-0.4, -0.2) is 107 Å². The molecular weight excluding hydrogens is 730 g/mol. The molecule has 5 amide bonds. The number of nitrogens with zero attached hydrogens (tertiary/aromatic N) is 2. The maximum absolute atomic E-state index is 14.4. The van der Waals surface area contributed by atoms with Crippen LogP contribution >= 0.6 is 0 Å². The van der Waals surface area contributed by atoms with Crippen LogP contribution in [0.1, 0.15) is 113 Å². The van der Waals surface area contributed by atoms with Crippen molar-refractivity contribution in [2.45, 2.75) is 157 Å². The van der Waals surface area contributed by atoms with Crippen molar-refractivity contribution in [3.8, 4) is 0 Å². The Labute approximate surface area is 338 Å². The normalized spacial score (nSPS) is 27.6. The topological polar surface area (TPSA) is 181 Å². The zero-order chi connectivity index (χ0) is 42.8. The van der Waals surface area contributed by atoms with Crippen molar-refractivity contribution in [1.82, 2.24) is 25.8 Å². The van der Waals surface area contributed by atoms with E-state index in [1.165, 1.54) is 23.8 Å². The summed E-state index contributed by atoms with van der Waals surface area (Å²) in [5.74, 6) is -5.64. The fraction of sp³-hybridized carbons (Fsp3) is 0.698. The van der Waals surface area contributed by atoms with Crippen LogP contribution in [0.25, 0.3) is 0 Å². The minimum atomic E-state index is -1.34. The van der Waals surface area contributed by atoms with Gasteiger partial charge in [0.25, 0.3) is 5.91 Å². The van der Waals surface area contributed by atoms with Crippen molar-refractivity contribution in [2.75, 3.05) is 13.6 Å². The third-order valence-corrected chi connectivity index (χ3v) is 11.2. The molecule has 3 N–H and O–H groups in total. The summed E-state index contributed by atoms with van der Waals surface area (Å²) in [6, 6.07) is 3.70. The second-order valence-electron chi connectivity index (χ2n) is 17.2. The number of carbonyl (C=O) groups is 7. The van der Waals surface area contributed by atoms with Gasteiger partial charge in [-0.2, -0.15) is 0 Å². The van der Waals surface area contributed by atoms with Gasteiger partial charge in [0.05, 0.1) is 5.41 Å². The lowest BCUT2D eigenvalue weighted by atomic mass is 9.82. The average molecular weight is 798 g/mol. The third-order valence-electron chi connectivity index (χ3n) is 11.2. The summed E-state index contributed by atoms with van der Waals surface area (Å²) in [4.78, 5) is 101. The van der Waals surface area contributed by atoms with Crippen molar-refractivity contribution < 1.29 is 43.0 Å². The second kappa shape index (κ2) is 20.8. The Bertz CT molecular complexity index is 1580. The standard InChI is InChI=1S/C43H67N5O9/c1-12-13-15-22-32-43(9,10)42(55)46-34(26(4)5)39(52)47(11)35(27(6)7)41(54)56-31(24-29-19-16-14-17-20-29)38(51)48-23-18-21-30(48)36(49)45-33(25(2)3)37(50)44-28(8)40(53)57-32/h14,16-17,19-20,25-28,30-35H,12-13,15,18,21-24H2,1-11H3,(H,44,50)(H,45,49)(H,46,55). The molecule has 1 aromatic rings. The van der Waals surface area contributed by atoms with Gasteiger partial charge in [-0.05, 0) is 69.8 Å². The van der Waals surface area contributed by atoms with Crippen LogP contribution in [0.4, 0.5) is 0 Å². The highest BCUT2D eigenvalue weighted by atomic mass is 16.6. The maximum atomic E-state index is 14.4. The average Bonchev–Trinajstić information content (AvgIpc) is 3.64. The predicted molar refractivity (Wildman–Crippen MR) is 215 cm³/mol. The van der Waals surface area contributed by atoms with E-state index in [9.17, 15) is 33.6 Å². The predicted octanol–water partition coefficient (Wildman–Crippen LogP) is 3.93. The summed E-state index contributed by atoms with van der Waals surface area (Å²) >= 11 is 0. The molecule has 0 radical (unpaired) electrons. The van der Waals surface area contributed by atoms with E-state index >= 15 is 0 Å². The Morgan fingerprint density at radius 3 is 1.98 bits per heavy atom. The molecule has 2 aliphatic heterocycles. The van der Waals surface area contributed by atoms with Crippen molar-refractivity contribution in [2.24, 2.45) is 23.2 Å². The molecule has 0 aliphatic carbocycles. The SMILES string of the molecule is CCCCCC1OC(=O)C(C)NC(=O)C(C(C)C)NC(=O)C2CCCN2C(=O)C(Cc2ccccc2)OC(=O)C(C(C)C)N(C)C(=O)C(C(C)C)NC(=O)C1(C)C. The lowest BCUT2D eigenvalue weighted by Gasteiger charge is -2.38. The number of unbranched alkanes of at least 4 members (excludes halogenated alkanes) is 2. The van der Waals surface area contributed by atoms with Gasteiger partial charge >= 0.3 is 11.9 Å². The van der Waals surface area contributed by atoms with E-state index in [1.807, 2.05) is 13.0 Å². The number of rotatable bonds is 9. The first-order chi connectivity index (χ1) is 26.7. The van der Waals surface area contributed by atoms with Crippen molar-refractivity contribution in [1.29, 1.82) is 0 Å². The maximum Gasteiger partial charge on any atom is 0.329 e. The lowest BCUT2D eigenvalue weighted by molar-refractivity contribution is -0.169. The number of ether oxygens (including phenoxy) is 2. The Morgan fingerprint density at radius 1 is 0.772 bits per heavy atom. The molecule has 57 heavy (non-hydrogen) atoms. The van der Waals surface area contributed by atoms with E-state index in [-0.39, 0.29) is 13.0 Å². The fourth-order valence-corrected chi connectivity index (χ4v) is 7.46. The van der Waals surface area contributed by atoms with E-state index in [4.69, 9.17) is 9.47 Å². The summed E-state index contributed by atoms with van der Waals surface area (Å²) in [6.45, 7) is 17.6. The highest BCUT2D eigenvalue weighted by Gasteiger charge is 2.45. The van der Waals surface area contributed by atoms with Gasteiger partial charge in [-0.3, -0.25) is 24.0 Å². The number of nitrogens with one attached hydrogen (secondary N) is 3. The zero-order valence-corrected chi connectivity index (χ0v) is 35.9. The van der Waals surface area contributed by atoms with Crippen LogP contribution in [0.15, 0.2) is 30.3 Å². The number of likely N-dealkylation sites (N-methyl/N-ethyl adjacent to an activating group) is 1. The summed E-state index contributed by atoms with van der Waals surface area (Å²) < 4.78 is 12.1. The largest absolute Gasteiger partial charge is 0.460 e. The van der Waals surface area contributed by atoms with Gasteiger partial charge in [0.1, 0.15) is 36.3 Å². The molecule has 1 aromatic carbocycles. The molecule has 2 saturated heterocycles. The first-order valence-corrected chi connectivity index (χ1v) is 20.7. The number of cyclic esters (lactones) is 2. The highest BCUT2D eigenvalue weighted by molar-refractivity contribution is 5.96. The van der Waals surface area contributed by atoms with Crippen LogP contribution in [0.5, 0.6) is 0 Å². The zero-order valence-electron chi connectivity index (χ0n) is 35.9. The van der Waals surface area contributed by atoms with Crippen molar-refractivity contribution >= 4 is 41.5 Å². The summed E-state index contributed by atoms with van der Waals surface area (Å²) in [5.41, 5.74) is -0.600. The molecule has 7 atom stereocenters. The number of hydrogen-bond acceptors (Lipinski definition) is 9. The molecule has 2 fully saturated rings. The Kier molecular flexibility index (Phi) is 17.1. The summed E-state index contributed by atoms with van der Waals surface area (Å²) in [7, 11) is 1.48. The molecule has 318 valence electrons. The highest BCUT2D eigenvalue weighted by Crippen LogP contribution is 2.30. The van der Waals surface area contributed by atoms with E-state index in [0.717, 1.165) is 18.4 Å². The molecule has 3 rings (SSSR count). The van der Waals surface area contributed by atoms with Gasteiger partial charge in [0, 0.05) is 20.0 Å². The molecule has 0 spiro atoms. The Hall–Kier alpha value is -4.49. The molecular formula is C43H67N5O9. The van der Waals surface area contributed by atoms with Gasteiger partial charge < -0.3 is 35.2 Å². The van der Waals surface area contributed by atoms with Crippen LogP contribution < -0.4 is 16.0 Å². The molecule has 0 aromatic heterocycles. The molecule has 0 bridgehead atoms. The minimum Gasteiger partial charge on any atom is -0.460 e. The van der Waals surface area contributed by atoms with Crippen molar-refractivity contribution in [3.05, 3.63) is 35.9 Å². The molecule has 7 unspecified atom stereocenters. The number of fused-ring (bicyclic) bond motifs is 1. The molecule has 0 saturated carbocycles. The molecule has 2 aliphatic rings. The minimum absolute atomic E-state index is 0.0168. The van der Waals surface area contributed by atoms with Gasteiger partial charge in [0.2, 0.25) is 23.6 Å². The van der Waals surface area contributed by atoms with Gasteiger partial charge in [-0.15, -0.1) is 0 Å². The van der Waals surface area contributed by atoms with Crippen LogP contribution in [0, 0.1) is 23.2 Å². The molecule has 2 heterocycles. The number of esters is 2. The van der Waals surface area contributed by atoms with Crippen LogP contribution in [-0.2, 0) is 49.5 Å². The quantitative estimate of drug-likeness (QED) is 0.247. The monoisotopic (exact) mass is 797 g/mol. The smallest absolute Gasteiger partial charge is 0.329 e. The summed E-state index contributed by atoms with van der Waals surface area (Å²) in [5, 5.41) is 8.40. The second-order valence-corrected chi connectivity index (χ2v) is 17.2. The van der Waals surface area contributed by atoms with Gasteiger partial charge in [-0.25, -0.2) is 9.59 Å². The molecule has 14 nitrogen and oxygen atoms in total. The van der Waals surface area contributed by atoms with Gasteiger partial charge in [0.15, 0.2) is 6.10 Å². The lowest BCUT2D eigenvalue weighted by Crippen LogP contribution is -2.60. The fourth-order valence-electron chi connectivity index (χ4n) is 7.46. The summed E-state index contributed by atoms with van der Waals surface area (Å²) in [6.07, 6.45) is 1.32. The Balaban J connectivity index is 2.14.